The monoisotopic (exact) mass is 476 g/mol. The molecule has 2 N–H and O–H groups in total. The highest BCUT2D eigenvalue weighted by Gasteiger charge is 2.18. The lowest BCUT2D eigenvalue weighted by Gasteiger charge is -2.29. The van der Waals surface area contributed by atoms with E-state index >= 15 is 0 Å². The molecule has 1 amide bonds. The molecule has 1 saturated heterocycles. The standard InChI is InChI=1S/C28H29FN2O4/c1-31-16-14-24(15-17-31)35-23-10-8-22(9-11-23)34-19-21-4-2-3-5-26(21)30-28(33)13-7-20-6-12-25(29)27(32)18-20/h2-13,18,24,32H,14-17,19H2,1H3,(H,30,33)/b13-7+. The largest absolute Gasteiger partial charge is 0.505 e. The number of phenols is 1. The number of nitrogens with zero attached hydrogens (tertiary/aromatic N) is 1. The molecule has 182 valence electrons. The molecule has 0 saturated carbocycles. The number of ether oxygens (including phenoxy) is 2. The smallest absolute Gasteiger partial charge is 0.248 e. The number of anilines is 1. The predicted octanol–water partition coefficient (Wildman–Crippen LogP) is 5.24. The lowest BCUT2D eigenvalue weighted by atomic mass is 10.1. The van der Waals surface area contributed by atoms with Crippen LogP contribution in [0.15, 0.2) is 72.8 Å². The highest BCUT2D eigenvalue weighted by Crippen LogP contribution is 2.24. The third-order valence-electron chi connectivity index (χ3n) is 5.86. The van der Waals surface area contributed by atoms with Crippen LogP contribution in [-0.2, 0) is 11.4 Å². The van der Waals surface area contributed by atoms with Gasteiger partial charge in [0.05, 0.1) is 0 Å². The Morgan fingerprint density at radius 2 is 1.80 bits per heavy atom. The molecule has 0 radical (unpaired) electrons. The summed E-state index contributed by atoms with van der Waals surface area (Å²) in [7, 11) is 2.13. The average Bonchev–Trinajstić information content (AvgIpc) is 2.86. The van der Waals surface area contributed by atoms with Crippen molar-refractivity contribution in [2.75, 3.05) is 25.5 Å². The van der Waals surface area contributed by atoms with Crippen molar-refractivity contribution in [1.29, 1.82) is 0 Å². The van der Waals surface area contributed by atoms with Crippen LogP contribution in [0.5, 0.6) is 17.2 Å². The topological polar surface area (TPSA) is 71.0 Å². The minimum atomic E-state index is -0.708. The second-order valence-electron chi connectivity index (χ2n) is 8.57. The van der Waals surface area contributed by atoms with Crippen molar-refractivity contribution in [1.82, 2.24) is 4.90 Å². The van der Waals surface area contributed by atoms with E-state index in [-0.39, 0.29) is 18.6 Å². The number of benzene rings is 3. The highest BCUT2D eigenvalue weighted by molar-refractivity contribution is 6.02. The first-order valence-corrected chi connectivity index (χ1v) is 11.6. The number of phenolic OH excluding ortho intramolecular Hbond substituents is 1. The molecule has 0 unspecified atom stereocenters. The number of likely N-dealkylation sites (tertiary alicyclic amines) is 1. The molecule has 3 aromatic carbocycles. The first-order chi connectivity index (χ1) is 17.0. The second-order valence-corrected chi connectivity index (χ2v) is 8.57. The molecule has 0 aliphatic carbocycles. The number of para-hydroxylation sites is 1. The van der Waals surface area contributed by atoms with Crippen molar-refractivity contribution in [3.63, 3.8) is 0 Å². The summed E-state index contributed by atoms with van der Waals surface area (Å²) in [5, 5.41) is 12.3. The van der Waals surface area contributed by atoms with E-state index in [2.05, 4.69) is 17.3 Å². The fraction of sp³-hybridized carbons (Fsp3) is 0.250. The molecule has 0 atom stereocenters. The maximum absolute atomic E-state index is 13.2. The van der Waals surface area contributed by atoms with Gasteiger partial charge in [-0.3, -0.25) is 4.79 Å². The summed E-state index contributed by atoms with van der Waals surface area (Å²) in [6.07, 6.45) is 5.13. The maximum Gasteiger partial charge on any atom is 0.248 e. The van der Waals surface area contributed by atoms with Crippen LogP contribution >= 0.6 is 0 Å². The van der Waals surface area contributed by atoms with Gasteiger partial charge in [-0.1, -0.05) is 24.3 Å². The number of piperidine rings is 1. The van der Waals surface area contributed by atoms with Crippen LogP contribution in [0.25, 0.3) is 6.08 Å². The lowest BCUT2D eigenvalue weighted by Crippen LogP contribution is -2.35. The summed E-state index contributed by atoms with van der Waals surface area (Å²) < 4.78 is 25.2. The average molecular weight is 477 g/mol. The molecule has 0 spiro atoms. The van der Waals surface area contributed by atoms with Crippen LogP contribution < -0.4 is 14.8 Å². The van der Waals surface area contributed by atoms with Gasteiger partial charge in [-0.15, -0.1) is 0 Å². The summed E-state index contributed by atoms with van der Waals surface area (Å²) in [4.78, 5) is 14.7. The van der Waals surface area contributed by atoms with Crippen molar-refractivity contribution in [2.45, 2.75) is 25.6 Å². The summed E-state index contributed by atoms with van der Waals surface area (Å²) in [6.45, 7) is 2.38. The molecule has 0 aromatic heterocycles. The van der Waals surface area contributed by atoms with E-state index in [1.54, 1.807) is 6.07 Å². The van der Waals surface area contributed by atoms with Crippen molar-refractivity contribution >= 4 is 17.7 Å². The number of halogens is 1. The van der Waals surface area contributed by atoms with Crippen molar-refractivity contribution < 1.29 is 23.8 Å². The molecule has 4 rings (SSSR count). The highest BCUT2D eigenvalue weighted by atomic mass is 19.1. The Morgan fingerprint density at radius 3 is 2.54 bits per heavy atom. The molecule has 7 heteroatoms. The first kappa shape index (κ1) is 24.3. The summed E-state index contributed by atoms with van der Waals surface area (Å²) in [5.41, 5.74) is 1.96. The normalized spacial score (nSPS) is 14.7. The van der Waals surface area contributed by atoms with Crippen LogP contribution in [0.1, 0.15) is 24.0 Å². The van der Waals surface area contributed by atoms with Gasteiger partial charge in [0.15, 0.2) is 11.6 Å². The number of carbonyl (C=O) groups is 1. The molecule has 1 fully saturated rings. The third-order valence-corrected chi connectivity index (χ3v) is 5.86. The van der Waals surface area contributed by atoms with Crippen molar-refractivity contribution in [3.8, 4) is 17.2 Å². The van der Waals surface area contributed by atoms with E-state index in [4.69, 9.17) is 9.47 Å². The molecule has 3 aromatic rings. The quantitative estimate of drug-likeness (QED) is 0.436. The SMILES string of the molecule is CN1CCC(Oc2ccc(OCc3ccccc3NC(=O)/C=C/c3ccc(F)c(O)c3)cc2)CC1. The zero-order chi connectivity index (χ0) is 24.6. The van der Waals surface area contributed by atoms with Crippen molar-refractivity contribution in [2.24, 2.45) is 0 Å². The number of amides is 1. The fourth-order valence-electron chi connectivity index (χ4n) is 3.82. The molecule has 6 nitrogen and oxygen atoms in total. The Bertz CT molecular complexity index is 1170. The first-order valence-electron chi connectivity index (χ1n) is 11.6. The van der Waals surface area contributed by atoms with Gasteiger partial charge in [-0.25, -0.2) is 4.39 Å². The van der Waals surface area contributed by atoms with Crippen LogP contribution in [0.4, 0.5) is 10.1 Å². The number of rotatable bonds is 8. The fourth-order valence-corrected chi connectivity index (χ4v) is 3.82. The maximum atomic E-state index is 13.2. The van der Waals surface area contributed by atoms with Crippen LogP contribution in [0.3, 0.4) is 0 Å². The number of nitrogens with one attached hydrogen (secondary N) is 1. The Labute approximate surface area is 204 Å². The van der Waals surface area contributed by atoms with Gasteiger partial charge in [-0.2, -0.15) is 0 Å². The molecular formula is C28H29FN2O4. The van der Waals surface area contributed by atoms with Gasteiger partial charge in [0, 0.05) is 30.4 Å². The molecule has 1 aliphatic rings. The third kappa shape index (κ3) is 7.07. The van der Waals surface area contributed by atoms with E-state index in [0.717, 1.165) is 43.3 Å². The molecular weight excluding hydrogens is 447 g/mol. The van der Waals surface area contributed by atoms with Crippen LogP contribution in [-0.4, -0.2) is 42.2 Å². The van der Waals surface area contributed by atoms with Gasteiger partial charge < -0.3 is 24.8 Å². The number of hydrogen-bond acceptors (Lipinski definition) is 5. The summed E-state index contributed by atoms with van der Waals surface area (Å²) in [6, 6.07) is 18.9. The number of aromatic hydroxyl groups is 1. The zero-order valence-corrected chi connectivity index (χ0v) is 19.6. The van der Waals surface area contributed by atoms with Gasteiger partial charge in [-0.05, 0) is 74.0 Å². The van der Waals surface area contributed by atoms with E-state index in [1.165, 1.54) is 24.3 Å². The Hall–Kier alpha value is -3.84. The number of carbonyl (C=O) groups excluding carboxylic acids is 1. The van der Waals surface area contributed by atoms with Crippen molar-refractivity contribution in [3.05, 3.63) is 89.8 Å². The minimum absolute atomic E-state index is 0.247. The van der Waals surface area contributed by atoms with Gasteiger partial charge >= 0.3 is 0 Å². The Kier molecular flexibility index (Phi) is 8.00. The van der Waals surface area contributed by atoms with E-state index in [1.807, 2.05) is 42.5 Å². The lowest BCUT2D eigenvalue weighted by molar-refractivity contribution is -0.111. The van der Waals surface area contributed by atoms with Gasteiger partial charge in [0.2, 0.25) is 5.91 Å². The van der Waals surface area contributed by atoms with Crippen LogP contribution in [0, 0.1) is 5.82 Å². The molecule has 0 bridgehead atoms. The minimum Gasteiger partial charge on any atom is -0.505 e. The van der Waals surface area contributed by atoms with Gasteiger partial charge in [0.25, 0.3) is 0 Å². The molecule has 1 heterocycles. The summed E-state index contributed by atoms with van der Waals surface area (Å²) in [5.74, 6) is 0.0202. The number of hydrogen-bond donors (Lipinski definition) is 2. The van der Waals surface area contributed by atoms with Gasteiger partial charge in [0.1, 0.15) is 24.2 Å². The Morgan fingerprint density at radius 1 is 1.09 bits per heavy atom. The zero-order valence-electron chi connectivity index (χ0n) is 19.6. The van der Waals surface area contributed by atoms with E-state index in [9.17, 15) is 14.3 Å². The Balaban J connectivity index is 1.31. The van der Waals surface area contributed by atoms with Crippen LogP contribution in [0.2, 0.25) is 0 Å². The van der Waals surface area contributed by atoms with E-state index < -0.39 is 11.6 Å². The molecule has 1 aliphatic heterocycles. The van der Waals surface area contributed by atoms with E-state index in [0.29, 0.717) is 17.0 Å². The molecule has 35 heavy (non-hydrogen) atoms. The predicted molar refractivity (Wildman–Crippen MR) is 134 cm³/mol. The second kappa shape index (κ2) is 11.5. The summed E-state index contributed by atoms with van der Waals surface area (Å²) >= 11 is 0.